The number of aromatic amines is 1. The molecule has 0 saturated carbocycles. The maximum atomic E-state index is 3.46. The molecule has 1 nitrogen and oxygen atoms in total. The van der Waals surface area contributed by atoms with Crippen molar-refractivity contribution in [1.29, 1.82) is 0 Å². The Hall–Kier alpha value is -0.0300. The maximum absolute atomic E-state index is 3.46. The molecule has 0 amide bonds. The molecule has 74 valence electrons. The molecule has 3 heteroatoms. The molecule has 2 aromatic rings. The highest BCUT2D eigenvalue weighted by molar-refractivity contribution is 14.1. The van der Waals surface area contributed by atoms with E-state index in [1.165, 1.54) is 26.5 Å². The van der Waals surface area contributed by atoms with Crippen molar-refractivity contribution in [2.24, 2.45) is 0 Å². The second-order valence-electron chi connectivity index (χ2n) is 3.30. The first kappa shape index (κ1) is 10.5. The number of aromatic nitrogens is 1. The average molecular weight is 364 g/mol. The fourth-order valence-corrected chi connectivity index (χ4v) is 2.39. The Morgan fingerprint density at radius 3 is 3.00 bits per heavy atom. The second-order valence-corrected chi connectivity index (χ2v) is 5.33. The molecule has 0 fully saturated rings. The van der Waals surface area contributed by atoms with Crippen molar-refractivity contribution in [3.8, 4) is 0 Å². The minimum Gasteiger partial charge on any atom is -0.361 e. The van der Waals surface area contributed by atoms with Gasteiger partial charge in [-0.2, -0.15) is 0 Å². The largest absolute Gasteiger partial charge is 0.361 e. The molecule has 0 bridgehead atoms. The van der Waals surface area contributed by atoms with E-state index in [2.05, 4.69) is 67.9 Å². The van der Waals surface area contributed by atoms with Gasteiger partial charge in [0.05, 0.1) is 0 Å². The van der Waals surface area contributed by atoms with Crippen LogP contribution in [0.3, 0.4) is 0 Å². The van der Waals surface area contributed by atoms with Gasteiger partial charge in [-0.15, -0.1) is 0 Å². The Kier molecular flexibility index (Phi) is 3.49. The van der Waals surface area contributed by atoms with Gasteiger partial charge in [0.1, 0.15) is 0 Å². The van der Waals surface area contributed by atoms with Crippen LogP contribution < -0.4 is 0 Å². The molecule has 1 heterocycles. The summed E-state index contributed by atoms with van der Waals surface area (Å²) in [6.07, 6.45) is 4.47. The van der Waals surface area contributed by atoms with Crippen LogP contribution in [0.25, 0.3) is 10.9 Å². The molecule has 0 spiro atoms. The summed E-state index contributed by atoms with van der Waals surface area (Å²) in [5, 5.41) is 2.45. The number of alkyl halides is 1. The first-order valence-corrected chi connectivity index (χ1v) is 6.83. The lowest BCUT2D eigenvalue weighted by molar-refractivity contribution is 0.947. The summed E-state index contributed by atoms with van der Waals surface area (Å²) in [5.41, 5.74) is 2.67. The van der Waals surface area contributed by atoms with E-state index < -0.39 is 0 Å². The van der Waals surface area contributed by atoms with E-state index in [1.807, 2.05) is 0 Å². The first-order chi connectivity index (χ1) is 6.81. The SMILES string of the molecule is BrCCCc1c[nH]c2ccc(I)cc12. The van der Waals surface area contributed by atoms with Gasteiger partial charge >= 0.3 is 0 Å². The van der Waals surface area contributed by atoms with E-state index in [9.17, 15) is 0 Å². The second kappa shape index (κ2) is 4.66. The van der Waals surface area contributed by atoms with Gasteiger partial charge < -0.3 is 4.98 Å². The Balaban J connectivity index is 2.40. The number of rotatable bonds is 3. The number of benzene rings is 1. The van der Waals surface area contributed by atoms with Crippen molar-refractivity contribution in [2.45, 2.75) is 12.8 Å². The molecular formula is C11H11BrIN. The van der Waals surface area contributed by atoms with Crippen LogP contribution in [0, 0.1) is 3.57 Å². The van der Waals surface area contributed by atoms with Crippen LogP contribution in [-0.2, 0) is 6.42 Å². The molecule has 1 aromatic heterocycles. The third-order valence-electron chi connectivity index (χ3n) is 2.31. The third kappa shape index (κ3) is 2.14. The summed E-state index contributed by atoms with van der Waals surface area (Å²) in [6, 6.07) is 6.53. The highest BCUT2D eigenvalue weighted by atomic mass is 127. The molecule has 0 aliphatic carbocycles. The van der Waals surface area contributed by atoms with Crippen molar-refractivity contribution in [2.75, 3.05) is 5.33 Å². The predicted octanol–water partition coefficient (Wildman–Crippen LogP) is 4.10. The highest BCUT2D eigenvalue weighted by Gasteiger charge is 2.03. The number of fused-ring (bicyclic) bond motifs is 1. The minimum atomic E-state index is 1.07. The van der Waals surface area contributed by atoms with Gasteiger partial charge in [0, 0.05) is 26.0 Å². The van der Waals surface area contributed by atoms with Crippen molar-refractivity contribution >= 4 is 49.4 Å². The number of nitrogens with one attached hydrogen (secondary N) is 1. The van der Waals surface area contributed by atoms with E-state index in [0.29, 0.717) is 0 Å². The van der Waals surface area contributed by atoms with Crippen molar-refractivity contribution < 1.29 is 0 Å². The average Bonchev–Trinajstić information content (AvgIpc) is 2.57. The number of halogens is 2. The predicted molar refractivity (Wildman–Crippen MR) is 73.1 cm³/mol. The molecule has 2 rings (SSSR count). The molecule has 0 aliphatic rings. The van der Waals surface area contributed by atoms with Gasteiger partial charge in [-0.25, -0.2) is 0 Å². The number of hydrogen-bond acceptors (Lipinski definition) is 0. The zero-order valence-corrected chi connectivity index (χ0v) is 11.4. The zero-order chi connectivity index (χ0) is 9.97. The van der Waals surface area contributed by atoms with Gasteiger partial charge in [-0.3, -0.25) is 0 Å². The first-order valence-electron chi connectivity index (χ1n) is 4.63. The minimum absolute atomic E-state index is 1.07. The van der Waals surface area contributed by atoms with E-state index in [0.717, 1.165) is 11.8 Å². The lowest BCUT2D eigenvalue weighted by Gasteiger charge is -1.97. The Morgan fingerprint density at radius 1 is 1.36 bits per heavy atom. The molecule has 0 unspecified atom stereocenters. The van der Waals surface area contributed by atoms with Crippen molar-refractivity contribution in [3.63, 3.8) is 0 Å². The lowest BCUT2D eigenvalue weighted by atomic mass is 10.1. The molecule has 14 heavy (non-hydrogen) atoms. The molecule has 0 aliphatic heterocycles. The fraction of sp³-hybridized carbons (Fsp3) is 0.273. The van der Waals surface area contributed by atoms with Gasteiger partial charge in [-0.05, 0) is 59.2 Å². The van der Waals surface area contributed by atoms with Crippen LogP contribution in [0.1, 0.15) is 12.0 Å². The van der Waals surface area contributed by atoms with Crippen LogP contribution in [0.5, 0.6) is 0 Å². The summed E-state index contributed by atoms with van der Waals surface area (Å²) >= 11 is 5.82. The van der Waals surface area contributed by atoms with Crippen LogP contribution in [0.4, 0.5) is 0 Å². The molecule has 0 saturated heterocycles. The van der Waals surface area contributed by atoms with E-state index in [4.69, 9.17) is 0 Å². The summed E-state index contributed by atoms with van der Waals surface area (Å²) < 4.78 is 1.30. The molecule has 0 radical (unpaired) electrons. The van der Waals surface area contributed by atoms with Crippen LogP contribution >= 0.6 is 38.5 Å². The number of hydrogen-bond donors (Lipinski definition) is 1. The summed E-state index contributed by atoms with van der Waals surface area (Å²) in [4.78, 5) is 3.31. The molecular weight excluding hydrogens is 353 g/mol. The lowest BCUT2D eigenvalue weighted by Crippen LogP contribution is -1.83. The van der Waals surface area contributed by atoms with Gasteiger partial charge in [0.25, 0.3) is 0 Å². The van der Waals surface area contributed by atoms with Gasteiger partial charge in [-0.1, -0.05) is 15.9 Å². The Morgan fingerprint density at radius 2 is 2.21 bits per heavy atom. The number of aryl methyl sites for hydroxylation is 1. The Labute approximate surface area is 106 Å². The quantitative estimate of drug-likeness (QED) is 0.624. The van der Waals surface area contributed by atoms with E-state index >= 15 is 0 Å². The van der Waals surface area contributed by atoms with Crippen molar-refractivity contribution in [1.82, 2.24) is 4.98 Å². The molecule has 1 N–H and O–H groups in total. The standard InChI is InChI=1S/C11H11BrIN/c12-5-1-2-8-7-14-11-4-3-9(13)6-10(8)11/h3-4,6-7,14H,1-2,5H2. The third-order valence-corrected chi connectivity index (χ3v) is 3.54. The van der Waals surface area contributed by atoms with Crippen molar-refractivity contribution in [3.05, 3.63) is 33.5 Å². The Bertz CT molecular complexity index is 436. The van der Waals surface area contributed by atoms with Crippen LogP contribution in [0.2, 0.25) is 0 Å². The van der Waals surface area contributed by atoms with Gasteiger partial charge in [0.2, 0.25) is 0 Å². The normalized spacial score (nSPS) is 11.0. The summed E-state index contributed by atoms with van der Waals surface area (Å²) in [5.74, 6) is 0. The van der Waals surface area contributed by atoms with Crippen LogP contribution in [0.15, 0.2) is 24.4 Å². The van der Waals surface area contributed by atoms with E-state index in [1.54, 1.807) is 0 Å². The monoisotopic (exact) mass is 363 g/mol. The smallest absolute Gasteiger partial charge is 0.0457 e. The zero-order valence-electron chi connectivity index (χ0n) is 7.69. The van der Waals surface area contributed by atoms with Gasteiger partial charge in [0.15, 0.2) is 0 Å². The van der Waals surface area contributed by atoms with E-state index in [-0.39, 0.29) is 0 Å². The van der Waals surface area contributed by atoms with Crippen LogP contribution in [-0.4, -0.2) is 10.3 Å². The molecule has 1 aromatic carbocycles. The summed E-state index contributed by atoms with van der Waals surface area (Å²) in [6.45, 7) is 0. The maximum Gasteiger partial charge on any atom is 0.0457 e. The number of H-pyrrole nitrogens is 1. The highest BCUT2D eigenvalue weighted by Crippen LogP contribution is 2.21. The summed E-state index contributed by atoms with van der Waals surface area (Å²) in [7, 11) is 0. The topological polar surface area (TPSA) is 15.8 Å². The molecule has 0 atom stereocenters. The fourth-order valence-electron chi connectivity index (χ4n) is 1.61.